The number of hydrogen-bond acceptors (Lipinski definition) is 6. The normalized spacial score (nSPS) is 15.4. The van der Waals surface area contributed by atoms with Crippen molar-refractivity contribution in [1.29, 1.82) is 0 Å². The van der Waals surface area contributed by atoms with Gasteiger partial charge < -0.3 is 9.64 Å². The number of nitrogens with zero attached hydrogens (tertiary/aromatic N) is 4. The fourth-order valence-electron chi connectivity index (χ4n) is 3.74. The summed E-state index contributed by atoms with van der Waals surface area (Å²) >= 11 is 0. The molecule has 180 valence electrons. The summed E-state index contributed by atoms with van der Waals surface area (Å²) in [5, 5.41) is 0. The van der Waals surface area contributed by atoms with Crippen LogP contribution in [0.1, 0.15) is 12.5 Å². The van der Waals surface area contributed by atoms with E-state index in [1.54, 1.807) is 12.3 Å². The lowest BCUT2D eigenvalue weighted by molar-refractivity contribution is -0.139. The quantitative estimate of drug-likeness (QED) is 0.517. The zero-order valence-corrected chi connectivity index (χ0v) is 19.2. The van der Waals surface area contributed by atoms with E-state index in [4.69, 9.17) is 4.74 Å². The number of aromatic nitrogens is 2. The highest BCUT2D eigenvalue weighted by atomic mass is 32.2. The van der Waals surface area contributed by atoms with Crippen LogP contribution in [0.4, 0.5) is 19.1 Å². The van der Waals surface area contributed by atoms with Gasteiger partial charge in [0.2, 0.25) is 16.0 Å². The topological polar surface area (TPSA) is 75.6 Å². The average Bonchev–Trinajstić information content (AvgIpc) is 2.84. The maximum Gasteiger partial charge on any atom is 0.417 e. The third kappa shape index (κ3) is 5.00. The molecule has 11 heteroatoms. The van der Waals surface area contributed by atoms with Gasteiger partial charge in [-0.15, -0.1) is 0 Å². The number of piperazine rings is 1. The largest absolute Gasteiger partial charge is 0.494 e. The van der Waals surface area contributed by atoms with Gasteiger partial charge in [-0.3, -0.25) is 0 Å². The summed E-state index contributed by atoms with van der Waals surface area (Å²) in [7, 11) is -4.31. The molecule has 1 saturated heterocycles. The van der Waals surface area contributed by atoms with Crippen molar-refractivity contribution in [3.8, 4) is 17.0 Å². The molecule has 0 spiro atoms. The molecule has 0 saturated carbocycles. The lowest BCUT2D eigenvalue weighted by Crippen LogP contribution is -2.49. The summed E-state index contributed by atoms with van der Waals surface area (Å²) in [4.78, 5) is 9.98. The molecule has 1 aromatic heterocycles. The highest BCUT2D eigenvalue weighted by molar-refractivity contribution is 7.89. The molecule has 7 nitrogen and oxygen atoms in total. The molecular formula is C23H23F3N4O3S. The predicted octanol–water partition coefficient (Wildman–Crippen LogP) is 4.07. The van der Waals surface area contributed by atoms with Crippen molar-refractivity contribution >= 4 is 16.0 Å². The molecule has 2 heterocycles. The second kappa shape index (κ2) is 9.59. The zero-order valence-electron chi connectivity index (χ0n) is 18.4. The number of anilines is 1. The van der Waals surface area contributed by atoms with Crippen molar-refractivity contribution in [2.24, 2.45) is 0 Å². The molecule has 4 rings (SSSR count). The van der Waals surface area contributed by atoms with Gasteiger partial charge >= 0.3 is 6.18 Å². The number of benzene rings is 2. The number of ether oxygens (including phenoxy) is 1. The molecule has 1 aliphatic rings. The Hall–Kier alpha value is -3.18. The van der Waals surface area contributed by atoms with Crippen molar-refractivity contribution in [1.82, 2.24) is 14.3 Å². The summed E-state index contributed by atoms with van der Waals surface area (Å²) in [6.07, 6.45) is -3.14. The van der Waals surface area contributed by atoms with E-state index in [0.717, 1.165) is 27.8 Å². The Balaban J connectivity index is 1.49. The second-order valence-electron chi connectivity index (χ2n) is 7.58. The highest BCUT2D eigenvalue weighted by Gasteiger charge is 2.39. The van der Waals surface area contributed by atoms with Crippen LogP contribution in [0.2, 0.25) is 0 Å². The van der Waals surface area contributed by atoms with Crippen LogP contribution in [0.15, 0.2) is 65.7 Å². The number of alkyl halides is 3. The van der Waals surface area contributed by atoms with Gasteiger partial charge in [0.15, 0.2) is 0 Å². The van der Waals surface area contributed by atoms with Gasteiger partial charge in [0, 0.05) is 37.9 Å². The highest BCUT2D eigenvalue weighted by Crippen LogP contribution is 2.35. The third-order valence-corrected chi connectivity index (χ3v) is 7.39. The van der Waals surface area contributed by atoms with Crippen LogP contribution < -0.4 is 9.64 Å². The van der Waals surface area contributed by atoms with E-state index in [9.17, 15) is 21.6 Å². The van der Waals surface area contributed by atoms with Gasteiger partial charge in [-0.05, 0) is 49.4 Å². The maximum atomic E-state index is 13.4. The van der Waals surface area contributed by atoms with Crippen LogP contribution in [0, 0.1) is 0 Å². The molecule has 0 unspecified atom stereocenters. The van der Waals surface area contributed by atoms with Crippen LogP contribution in [0.25, 0.3) is 11.3 Å². The van der Waals surface area contributed by atoms with Gasteiger partial charge in [-0.2, -0.15) is 17.5 Å². The summed E-state index contributed by atoms with van der Waals surface area (Å²) in [5.41, 5.74) is 0.406. The SMILES string of the molecule is CCOc1ccc(-c2ccnc(N3CCN(S(=O)(=O)c4ccccc4C(F)(F)F)CC3)n2)cc1. The second-order valence-corrected chi connectivity index (χ2v) is 9.49. The first kappa shape index (κ1) is 24.0. The van der Waals surface area contributed by atoms with E-state index >= 15 is 0 Å². The molecule has 0 radical (unpaired) electrons. The van der Waals surface area contributed by atoms with Gasteiger partial charge in [-0.1, -0.05) is 12.1 Å². The molecule has 0 amide bonds. The van der Waals surface area contributed by atoms with Crippen molar-refractivity contribution in [3.63, 3.8) is 0 Å². The van der Waals surface area contributed by atoms with Gasteiger partial charge in [-0.25, -0.2) is 18.4 Å². The Labute approximate surface area is 195 Å². The van der Waals surface area contributed by atoms with Gasteiger partial charge in [0.05, 0.1) is 22.8 Å². The molecule has 2 aromatic carbocycles. The predicted molar refractivity (Wildman–Crippen MR) is 121 cm³/mol. The molecule has 1 fully saturated rings. The van der Waals surface area contributed by atoms with Crippen LogP contribution in [-0.4, -0.2) is 55.5 Å². The minimum absolute atomic E-state index is 0.0190. The van der Waals surface area contributed by atoms with Crippen molar-refractivity contribution in [2.45, 2.75) is 18.0 Å². The van der Waals surface area contributed by atoms with Gasteiger partial charge in [0.25, 0.3) is 0 Å². The summed E-state index contributed by atoms with van der Waals surface area (Å²) in [6, 6.07) is 13.5. The fraction of sp³-hybridized carbons (Fsp3) is 0.304. The monoisotopic (exact) mass is 492 g/mol. The van der Waals surface area contributed by atoms with Crippen LogP contribution in [0.3, 0.4) is 0 Å². The number of rotatable bonds is 6. The lowest BCUT2D eigenvalue weighted by atomic mass is 10.1. The van der Waals surface area contributed by atoms with E-state index in [2.05, 4.69) is 9.97 Å². The molecule has 0 N–H and O–H groups in total. The zero-order chi connectivity index (χ0) is 24.3. The third-order valence-electron chi connectivity index (χ3n) is 5.44. The minimum atomic E-state index is -4.76. The van der Waals surface area contributed by atoms with Gasteiger partial charge in [0.1, 0.15) is 5.75 Å². The number of halogens is 3. The Morgan fingerprint density at radius 1 is 0.971 bits per heavy atom. The first-order valence-corrected chi connectivity index (χ1v) is 12.1. The minimum Gasteiger partial charge on any atom is -0.494 e. The average molecular weight is 493 g/mol. The van der Waals surface area contributed by atoms with E-state index < -0.39 is 26.7 Å². The van der Waals surface area contributed by atoms with Crippen molar-refractivity contribution in [2.75, 3.05) is 37.7 Å². The number of hydrogen-bond donors (Lipinski definition) is 0. The Bertz CT molecular complexity index is 1240. The summed E-state index contributed by atoms with van der Waals surface area (Å²) < 4.78 is 72.5. The van der Waals surface area contributed by atoms with E-state index in [-0.39, 0.29) is 26.2 Å². The van der Waals surface area contributed by atoms with Crippen molar-refractivity contribution < 1.29 is 26.3 Å². The van der Waals surface area contributed by atoms with E-state index in [1.807, 2.05) is 36.1 Å². The van der Waals surface area contributed by atoms with Crippen molar-refractivity contribution in [3.05, 3.63) is 66.4 Å². The van der Waals surface area contributed by atoms with E-state index in [1.165, 1.54) is 12.1 Å². The van der Waals surface area contributed by atoms with Crippen LogP contribution >= 0.6 is 0 Å². The molecule has 34 heavy (non-hydrogen) atoms. The molecule has 0 atom stereocenters. The van der Waals surface area contributed by atoms with Crippen LogP contribution in [0.5, 0.6) is 5.75 Å². The Morgan fingerprint density at radius 3 is 2.29 bits per heavy atom. The summed E-state index contributed by atoms with van der Waals surface area (Å²) in [6.45, 7) is 3.02. The first-order valence-electron chi connectivity index (χ1n) is 10.7. The maximum absolute atomic E-state index is 13.4. The smallest absolute Gasteiger partial charge is 0.417 e. The molecule has 3 aromatic rings. The lowest BCUT2D eigenvalue weighted by Gasteiger charge is -2.34. The molecule has 0 aliphatic carbocycles. The molecular weight excluding hydrogens is 469 g/mol. The van der Waals surface area contributed by atoms with Crippen LogP contribution in [-0.2, 0) is 16.2 Å². The van der Waals surface area contributed by atoms with E-state index in [0.29, 0.717) is 18.2 Å². The number of sulfonamides is 1. The molecule has 0 bridgehead atoms. The summed E-state index contributed by atoms with van der Waals surface area (Å²) in [5.74, 6) is 1.18. The molecule has 1 aliphatic heterocycles. The first-order chi connectivity index (χ1) is 16.2. The fourth-order valence-corrected chi connectivity index (χ4v) is 5.38. The Kier molecular flexibility index (Phi) is 6.76. The Morgan fingerprint density at radius 2 is 1.65 bits per heavy atom. The standard InChI is InChI=1S/C23H23F3N4O3S/c1-2-33-18-9-7-17(8-10-18)20-11-12-27-22(28-20)29-13-15-30(16-14-29)34(31,32)21-6-4-3-5-19(21)23(24,25)26/h3-12H,2,13-16H2,1H3.